The highest BCUT2D eigenvalue weighted by Crippen LogP contribution is 2.23. The average molecular weight is 399 g/mol. The van der Waals surface area contributed by atoms with E-state index < -0.39 is 0 Å². The Morgan fingerprint density at radius 3 is 2.45 bits per heavy atom. The molecule has 0 radical (unpaired) electrons. The Labute approximate surface area is 174 Å². The Kier molecular flexibility index (Phi) is 8.07. The van der Waals surface area contributed by atoms with Gasteiger partial charge in [-0.2, -0.15) is 0 Å². The first-order valence-electron chi connectivity index (χ1n) is 10.6. The first-order chi connectivity index (χ1) is 14.1. The smallest absolute Gasteiger partial charge is 0.124 e. The van der Waals surface area contributed by atoms with Crippen LogP contribution in [0.2, 0.25) is 0 Å². The molecule has 5 heteroatoms. The van der Waals surface area contributed by atoms with Crippen LogP contribution in [-0.2, 0) is 19.7 Å². The summed E-state index contributed by atoms with van der Waals surface area (Å²) in [7, 11) is 0. The minimum atomic E-state index is -0.0133. The van der Waals surface area contributed by atoms with Crippen LogP contribution < -0.4 is 4.74 Å². The predicted molar refractivity (Wildman–Crippen MR) is 116 cm³/mol. The first kappa shape index (κ1) is 21.8. The molecule has 0 saturated carbocycles. The van der Waals surface area contributed by atoms with Crippen LogP contribution in [0.5, 0.6) is 5.75 Å². The van der Waals surface area contributed by atoms with E-state index in [2.05, 4.69) is 47.1 Å². The zero-order chi connectivity index (χ0) is 20.6. The molecule has 158 valence electrons. The van der Waals surface area contributed by atoms with E-state index in [9.17, 15) is 10.2 Å². The van der Waals surface area contributed by atoms with Crippen molar-refractivity contribution < 1.29 is 14.9 Å². The minimum absolute atomic E-state index is 0.0133. The summed E-state index contributed by atoms with van der Waals surface area (Å²) in [6.45, 7) is 9.55. The van der Waals surface area contributed by atoms with Crippen LogP contribution in [0.15, 0.2) is 42.5 Å². The summed E-state index contributed by atoms with van der Waals surface area (Å²) in [5, 5.41) is 19.2. The van der Waals surface area contributed by atoms with Crippen LogP contribution in [0.25, 0.3) is 0 Å². The highest BCUT2D eigenvalue weighted by molar-refractivity contribution is 5.37. The van der Waals surface area contributed by atoms with Gasteiger partial charge in [0.25, 0.3) is 0 Å². The number of aliphatic hydroxyl groups is 2. The number of hydrogen-bond acceptors (Lipinski definition) is 5. The van der Waals surface area contributed by atoms with Crippen molar-refractivity contribution >= 4 is 0 Å². The highest BCUT2D eigenvalue weighted by atomic mass is 16.5. The quantitative estimate of drug-likeness (QED) is 0.680. The lowest BCUT2D eigenvalue weighted by Gasteiger charge is -2.41. The normalized spacial score (nSPS) is 18.1. The fourth-order valence-electron chi connectivity index (χ4n) is 4.07. The van der Waals surface area contributed by atoms with Gasteiger partial charge in [-0.15, -0.1) is 0 Å². The lowest BCUT2D eigenvalue weighted by Crippen LogP contribution is -2.52. The molecule has 1 heterocycles. The van der Waals surface area contributed by atoms with Gasteiger partial charge in [0, 0.05) is 50.9 Å². The fraction of sp³-hybridized carbons (Fsp3) is 0.500. The van der Waals surface area contributed by atoms with E-state index in [4.69, 9.17) is 4.74 Å². The summed E-state index contributed by atoms with van der Waals surface area (Å²) in [6, 6.07) is 15.2. The monoisotopic (exact) mass is 398 g/mol. The second-order valence-corrected chi connectivity index (χ2v) is 7.89. The molecule has 5 nitrogen and oxygen atoms in total. The molecule has 2 N–H and O–H groups in total. The Hall–Kier alpha value is -1.92. The van der Waals surface area contributed by atoms with Crippen LogP contribution in [0, 0.1) is 6.92 Å². The zero-order valence-corrected chi connectivity index (χ0v) is 17.7. The van der Waals surface area contributed by atoms with Gasteiger partial charge in [-0.05, 0) is 43.5 Å². The van der Waals surface area contributed by atoms with E-state index >= 15 is 0 Å². The van der Waals surface area contributed by atoms with Gasteiger partial charge in [-0.3, -0.25) is 9.80 Å². The largest absolute Gasteiger partial charge is 0.494 e. The maximum Gasteiger partial charge on any atom is 0.124 e. The third-order valence-corrected chi connectivity index (χ3v) is 5.66. The molecule has 1 aliphatic rings. The van der Waals surface area contributed by atoms with Crippen molar-refractivity contribution in [1.82, 2.24) is 9.80 Å². The molecule has 2 aromatic rings. The highest BCUT2D eigenvalue weighted by Gasteiger charge is 2.26. The molecule has 3 rings (SSSR count). The van der Waals surface area contributed by atoms with Gasteiger partial charge in [-0.1, -0.05) is 35.9 Å². The molecule has 1 fully saturated rings. The number of nitrogens with zero attached hydrogens (tertiary/aromatic N) is 2. The molecule has 1 unspecified atom stereocenters. The van der Waals surface area contributed by atoms with Crippen molar-refractivity contribution in [3.8, 4) is 5.75 Å². The molecule has 0 aromatic heterocycles. The topological polar surface area (TPSA) is 56.2 Å². The van der Waals surface area contributed by atoms with Crippen molar-refractivity contribution in [2.24, 2.45) is 0 Å². The summed E-state index contributed by atoms with van der Waals surface area (Å²) < 4.78 is 5.59. The molecule has 1 aliphatic heterocycles. The summed E-state index contributed by atoms with van der Waals surface area (Å²) >= 11 is 0. The number of aliphatic hydroxyl groups excluding tert-OH is 2. The van der Waals surface area contributed by atoms with Crippen molar-refractivity contribution in [1.29, 1.82) is 0 Å². The third kappa shape index (κ3) is 6.03. The van der Waals surface area contributed by atoms with Gasteiger partial charge in [0.05, 0.1) is 13.2 Å². The molecule has 0 bridgehead atoms. The van der Waals surface area contributed by atoms with E-state index in [1.165, 1.54) is 16.7 Å². The molecule has 0 aliphatic carbocycles. The number of benzene rings is 2. The van der Waals surface area contributed by atoms with Gasteiger partial charge < -0.3 is 14.9 Å². The number of piperazine rings is 1. The van der Waals surface area contributed by atoms with Gasteiger partial charge >= 0.3 is 0 Å². The van der Waals surface area contributed by atoms with Crippen LogP contribution in [0.4, 0.5) is 0 Å². The standard InChI is InChI=1S/C24H34N2O3/c1-3-29-24-9-8-21(14-22(24)18-28)15-25-11-12-26(23(17-25)10-13-27)16-20-6-4-19(2)5-7-20/h4-9,14,23,27-28H,3,10-13,15-18H2,1-2H3. The van der Waals surface area contributed by atoms with Gasteiger partial charge in [0.1, 0.15) is 5.75 Å². The Balaban J connectivity index is 1.63. The second-order valence-electron chi connectivity index (χ2n) is 7.89. The summed E-state index contributed by atoms with van der Waals surface area (Å²) in [5.41, 5.74) is 4.63. The molecule has 1 saturated heterocycles. The SMILES string of the molecule is CCOc1ccc(CN2CCN(Cc3ccc(C)cc3)C(CCO)C2)cc1CO. The van der Waals surface area contributed by atoms with Crippen LogP contribution in [-0.4, -0.2) is 58.9 Å². The second kappa shape index (κ2) is 10.7. The van der Waals surface area contributed by atoms with Crippen molar-refractivity contribution in [3.63, 3.8) is 0 Å². The molecule has 0 amide bonds. The summed E-state index contributed by atoms with van der Waals surface area (Å²) in [4.78, 5) is 4.94. The number of hydrogen-bond donors (Lipinski definition) is 2. The van der Waals surface area contributed by atoms with Gasteiger partial charge in [-0.25, -0.2) is 0 Å². The van der Waals surface area contributed by atoms with Gasteiger partial charge in [0.2, 0.25) is 0 Å². The van der Waals surface area contributed by atoms with E-state index in [0.717, 1.165) is 50.5 Å². The first-order valence-corrected chi connectivity index (χ1v) is 10.6. The van der Waals surface area contributed by atoms with Gasteiger partial charge in [0.15, 0.2) is 0 Å². The van der Waals surface area contributed by atoms with Crippen molar-refractivity contribution in [3.05, 3.63) is 64.7 Å². The maximum absolute atomic E-state index is 9.65. The summed E-state index contributed by atoms with van der Waals surface area (Å²) in [6.07, 6.45) is 0.785. The zero-order valence-electron chi connectivity index (χ0n) is 17.7. The molecular formula is C24H34N2O3. The summed E-state index contributed by atoms with van der Waals surface area (Å²) in [5.74, 6) is 0.764. The lowest BCUT2D eigenvalue weighted by atomic mass is 10.0. The molecule has 29 heavy (non-hydrogen) atoms. The number of ether oxygens (including phenoxy) is 1. The number of rotatable bonds is 9. The molecule has 0 spiro atoms. The molecule has 2 aromatic carbocycles. The molecule has 1 atom stereocenters. The van der Waals surface area contributed by atoms with E-state index in [1.54, 1.807) is 0 Å². The van der Waals surface area contributed by atoms with Crippen LogP contribution in [0.1, 0.15) is 35.6 Å². The maximum atomic E-state index is 9.65. The average Bonchev–Trinajstić information content (AvgIpc) is 2.73. The number of aryl methyl sites for hydroxylation is 1. The lowest BCUT2D eigenvalue weighted by molar-refractivity contribution is 0.0499. The minimum Gasteiger partial charge on any atom is -0.494 e. The Bertz CT molecular complexity index is 763. The van der Waals surface area contributed by atoms with E-state index in [0.29, 0.717) is 12.6 Å². The Morgan fingerprint density at radius 2 is 1.76 bits per heavy atom. The third-order valence-electron chi connectivity index (χ3n) is 5.66. The van der Waals surface area contributed by atoms with Crippen molar-refractivity contribution in [2.45, 2.75) is 46.0 Å². The van der Waals surface area contributed by atoms with E-state index in [-0.39, 0.29) is 13.2 Å². The van der Waals surface area contributed by atoms with Crippen molar-refractivity contribution in [2.75, 3.05) is 32.8 Å². The molecular weight excluding hydrogens is 364 g/mol. The van der Waals surface area contributed by atoms with E-state index in [1.807, 2.05) is 19.1 Å². The Morgan fingerprint density at radius 1 is 1.00 bits per heavy atom. The fourth-order valence-corrected chi connectivity index (χ4v) is 4.07. The van der Waals surface area contributed by atoms with Crippen LogP contribution in [0.3, 0.4) is 0 Å². The predicted octanol–water partition coefficient (Wildman–Crippen LogP) is 2.95. The van der Waals surface area contributed by atoms with Crippen LogP contribution >= 0.6 is 0 Å².